The Balaban J connectivity index is 2.13. The van der Waals surface area contributed by atoms with E-state index < -0.39 is 43.1 Å². The van der Waals surface area contributed by atoms with Crippen LogP contribution in [0.1, 0.15) is 62.2 Å². The van der Waals surface area contributed by atoms with E-state index in [4.69, 9.17) is 25.8 Å². The van der Waals surface area contributed by atoms with Gasteiger partial charge in [0.05, 0.1) is 12.7 Å². The Hall–Kier alpha value is -1.71. The smallest absolute Gasteiger partial charge is 0.205 e. The van der Waals surface area contributed by atoms with E-state index in [9.17, 15) is 20.4 Å². The van der Waals surface area contributed by atoms with Crippen LogP contribution in [0.5, 0.6) is 5.75 Å². The summed E-state index contributed by atoms with van der Waals surface area (Å²) in [5.41, 5.74) is 2.99. The number of hydrogen-bond donors (Lipinski definition) is 4. The molecule has 176 valence electrons. The number of aliphatic hydroxyl groups excluding tert-OH is 3. The highest BCUT2D eigenvalue weighted by atomic mass is 35.5. The molecular weight excluding hydrogens is 436 g/mol. The molecule has 3 rings (SSSR count). The lowest BCUT2D eigenvalue weighted by Gasteiger charge is -2.40. The molecule has 0 spiro atoms. The van der Waals surface area contributed by atoms with E-state index in [0.717, 1.165) is 12.0 Å². The third-order valence-electron chi connectivity index (χ3n) is 5.45. The van der Waals surface area contributed by atoms with Crippen molar-refractivity contribution in [3.05, 3.63) is 63.7 Å². The first-order chi connectivity index (χ1) is 15.1. The van der Waals surface area contributed by atoms with Gasteiger partial charge in [-0.3, -0.25) is 0 Å². The molecule has 0 saturated carbocycles. The molecule has 0 radical (unpaired) electrons. The monoisotopic (exact) mass is 466 g/mol. The fraction of sp³-hybridized carbons (Fsp3) is 0.500. The summed E-state index contributed by atoms with van der Waals surface area (Å²) in [6.07, 6.45) is -4.97. The lowest BCUT2D eigenvalue weighted by molar-refractivity contribution is -0.205. The second-order valence-electron chi connectivity index (χ2n) is 8.44. The highest BCUT2D eigenvalue weighted by Crippen LogP contribution is 2.47. The minimum Gasteiger partial charge on any atom is -0.462 e. The first-order valence-electron chi connectivity index (χ1n) is 10.7. The van der Waals surface area contributed by atoms with Gasteiger partial charge in [0.25, 0.3) is 0 Å². The molecule has 4 N–H and O–H groups in total. The van der Waals surface area contributed by atoms with Crippen LogP contribution in [0.25, 0.3) is 0 Å². The van der Waals surface area contributed by atoms with Crippen molar-refractivity contribution < 1.29 is 34.6 Å². The van der Waals surface area contributed by atoms with E-state index in [1.165, 1.54) is 18.6 Å². The van der Waals surface area contributed by atoms with Gasteiger partial charge in [-0.05, 0) is 36.6 Å². The molecule has 4 atom stereocenters. The number of ether oxygens (including phenoxy) is 3. The minimum atomic E-state index is -1.96. The zero-order valence-corrected chi connectivity index (χ0v) is 19.4. The van der Waals surface area contributed by atoms with Crippen LogP contribution < -0.4 is 4.74 Å². The van der Waals surface area contributed by atoms with Gasteiger partial charge in [0.1, 0.15) is 24.1 Å². The Kier molecular flexibility index (Phi) is 7.83. The maximum Gasteiger partial charge on any atom is 0.205 e. The predicted octanol–water partition coefficient (Wildman–Crippen LogP) is 3.25. The molecule has 0 amide bonds. The van der Waals surface area contributed by atoms with Crippen LogP contribution in [-0.2, 0) is 15.9 Å². The third kappa shape index (κ3) is 5.43. The second-order valence-corrected chi connectivity index (χ2v) is 8.88. The fourth-order valence-corrected chi connectivity index (χ4v) is 3.99. The average Bonchev–Trinajstić information content (AvgIpc) is 2.73. The van der Waals surface area contributed by atoms with Crippen molar-refractivity contribution in [2.75, 3.05) is 6.61 Å². The molecule has 1 heterocycles. The van der Waals surface area contributed by atoms with Crippen LogP contribution in [-0.4, -0.2) is 51.3 Å². The standard InChI is InChI=1S/C24H31ClO7/c1-5-14-6-8-15(9-7-14)20-17-10-16(25)11-18(21(17)32-24(3,4)31-20)22(23(28)29)30-19(12-26)13(2)27/h6-11,13,19-20,22-23,26-29H,5,12H2,1-4H3. The van der Waals surface area contributed by atoms with Gasteiger partial charge in [-0.25, -0.2) is 0 Å². The van der Waals surface area contributed by atoms with Crippen molar-refractivity contribution in [3.63, 3.8) is 0 Å². The van der Waals surface area contributed by atoms with Crippen LogP contribution >= 0.6 is 11.6 Å². The first-order valence-corrected chi connectivity index (χ1v) is 11.0. The van der Waals surface area contributed by atoms with E-state index in [2.05, 4.69) is 6.92 Å². The SMILES string of the molecule is CCc1ccc(C2OC(C)(C)Oc3c2cc(Cl)cc3C(OC(CO)C(C)O)C(O)O)cc1. The summed E-state index contributed by atoms with van der Waals surface area (Å²) >= 11 is 6.41. The second kappa shape index (κ2) is 10.1. The summed E-state index contributed by atoms with van der Waals surface area (Å²) in [6.45, 7) is 6.54. The van der Waals surface area contributed by atoms with Crippen molar-refractivity contribution in [1.29, 1.82) is 0 Å². The molecule has 0 aromatic heterocycles. The largest absolute Gasteiger partial charge is 0.462 e. The number of aliphatic hydroxyl groups is 4. The van der Waals surface area contributed by atoms with E-state index in [0.29, 0.717) is 16.3 Å². The lowest BCUT2D eigenvalue weighted by atomic mass is 9.93. The Labute approximate surface area is 193 Å². The fourth-order valence-electron chi connectivity index (χ4n) is 3.76. The first kappa shape index (κ1) is 24.9. The Morgan fingerprint density at radius 3 is 2.31 bits per heavy atom. The average molecular weight is 467 g/mol. The van der Waals surface area contributed by atoms with Crippen molar-refractivity contribution in [2.45, 2.75) is 70.6 Å². The molecule has 2 aromatic rings. The Bertz CT molecular complexity index is 911. The highest BCUT2D eigenvalue weighted by molar-refractivity contribution is 6.30. The van der Waals surface area contributed by atoms with E-state index in [-0.39, 0.29) is 5.56 Å². The number of aryl methyl sites for hydroxylation is 1. The number of benzene rings is 2. The van der Waals surface area contributed by atoms with Crippen LogP contribution in [0.15, 0.2) is 36.4 Å². The minimum absolute atomic E-state index is 0.285. The molecule has 4 unspecified atom stereocenters. The predicted molar refractivity (Wildman–Crippen MR) is 120 cm³/mol. The summed E-state index contributed by atoms with van der Waals surface area (Å²) in [4.78, 5) is 0. The summed E-state index contributed by atoms with van der Waals surface area (Å²) in [5, 5.41) is 39.9. The van der Waals surface area contributed by atoms with Crippen LogP contribution in [0.2, 0.25) is 5.02 Å². The lowest BCUT2D eigenvalue weighted by Crippen LogP contribution is -2.40. The van der Waals surface area contributed by atoms with Crippen molar-refractivity contribution in [3.8, 4) is 5.75 Å². The zero-order chi connectivity index (χ0) is 23.6. The van der Waals surface area contributed by atoms with Crippen molar-refractivity contribution >= 4 is 11.6 Å². The van der Waals surface area contributed by atoms with Gasteiger partial charge in [0.15, 0.2) is 6.29 Å². The molecule has 0 aliphatic carbocycles. The molecule has 0 saturated heterocycles. The van der Waals surface area contributed by atoms with Gasteiger partial charge in [-0.2, -0.15) is 0 Å². The van der Waals surface area contributed by atoms with Gasteiger partial charge in [0.2, 0.25) is 5.79 Å². The van der Waals surface area contributed by atoms with Crippen LogP contribution in [0, 0.1) is 0 Å². The van der Waals surface area contributed by atoms with Gasteiger partial charge >= 0.3 is 0 Å². The maximum absolute atomic E-state index is 10.1. The zero-order valence-electron chi connectivity index (χ0n) is 18.7. The Morgan fingerprint density at radius 2 is 1.78 bits per heavy atom. The highest BCUT2D eigenvalue weighted by Gasteiger charge is 2.40. The van der Waals surface area contributed by atoms with Gasteiger partial charge in [0, 0.05) is 30.0 Å². The topological polar surface area (TPSA) is 109 Å². The molecule has 32 heavy (non-hydrogen) atoms. The quantitative estimate of drug-likeness (QED) is 0.442. The molecule has 2 aromatic carbocycles. The van der Waals surface area contributed by atoms with E-state index in [1.54, 1.807) is 19.9 Å². The normalized spacial score (nSPS) is 20.4. The van der Waals surface area contributed by atoms with E-state index in [1.807, 2.05) is 24.3 Å². The molecule has 7 nitrogen and oxygen atoms in total. The van der Waals surface area contributed by atoms with Gasteiger partial charge < -0.3 is 34.6 Å². The Morgan fingerprint density at radius 1 is 1.12 bits per heavy atom. The van der Waals surface area contributed by atoms with E-state index >= 15 is 0 Å². The number of halogens is 1. The molecule has 0 fully saturated rings. The third-order valence-corrected chi connectivity index (χ3v) is 5.67. The molecular formula is C24H31ClO7. The summed E-state index contributed by atoms with van der Waals surface area (Å²) in [6, 6.07) is 11.3. The molecule has 1 aliphatic heterocycles. The van der Waals surface area contributed by atoms with Crippen LogP contribution in [0.3, 0.4) is 0 Å². The van der Waals surface area contributed by atoms with Crippen molar-refractivity contribution in [1.82, 2.24) is 0 Å². The molecule has 0 bridgehead atoms. The number of hydrogen-bond acceptors (Lipinski definition) is 7. The van der Waals surface area contributed by atoms with Gasteiger partial charge in [-0.15, -0.1) is 0 Å². The molecule has 1 aliphatic rings. The molecule has 8 heteroatoms. The number of rotatable bonds is 8. The van der Waals surface area contributed by atoms with Gasteiger partial charge in [-0.1, -0.05) is 42.8 Å². The van der Waals surface area contributed by atoms with Crippen molar-refractivity contribution in [2.24, 2.45) is 0 Å². The van der Waals surface area contributed by atoms with Crippen LogP contribution in [0.4, 0.5) is 0 Å². The maximum atomic E-state index is 10.1. The number of fused-ring (bicyclic) bond motifs is 1. The summed E-state index contributed by atoms with van der Waals surface area (Å²) in [5.74, 6) is -0.675. The summed E-state index contributed by atoms with van der Waals surface area (Å²) < 4.78 is 18.0. The summed E-state index contributed by atoms with van der Waals surface area (Å²) in [7, 11) is 0.